The third-order valence-corrected chi connectivity index (χ3v) is 3.03. The van der Waals surface area contributed by atoms with Gasteiger partial charge in [0.05, 0.1) is 12.3 Å². The van der Waals surface area contributed by atoms with Gasteiger partial charge in [0, 0.05) is 6.54 Å². The minimum atomic E-state index is -0.941. The second-order valence-corrected chi connectivity index (χ2v) is 4.93. The van der Waals surface area contributed by atoms with Crippen molar-refractivity contribution in [3.63, 3.8) is 0 Å². The molecule has 1 unspecified atom stereocenters. The number of carboxylic acid groups (broad SMARTS) is 1. The summed E-state index contributed by atoms with van der Waals surface area (Å²) in [5.41, 5.74) is 5.35. The second kappa shape index (κ2) is 12.7. The molecule has 0 bridgehead atoms. The molecule has 1 atom stereocenters. The Balaban J connectivity index is 4.12. The van der Waals surface area contributed by atoms with Crippen molar-refractivity contribution in [2.75, 3.05) is 13.1 Å². The van der Waals surface area contributed by atoms with Crippen LogP contribution >= 0.6 is 0 Å². The van der Waals surface area contributed by atoms with Crippen LogP contribution in [0.5, 0.6) is 0 Å². The lowest BCUT2D eigenvalue weighted by Gasteiger charge is -2.13. The maximum absolute atomic E-state index is 11.9. The standard InChI is InChI=1S/C15H28N2O3/c1-2-3-4-5-6-7-9-13(12-14(18)19)15(20)17-11-8-10-16/h6-7,13H,2-5,8-12,16H2,1H3,(H,17,20)(H,18,19)/b7-6+. The van der Waals surface area contributed by atoms with Crippen molar-refractivity contribution < 1.29 is 14.7 Å². The fourth-order valence-corrected chi connectivity index (χ4v) is 1.84. The normalized spacial score (nSPS) is 12.5. The Morgan fingerprint density at radius 1 is 1.25 bits per heavy atom. The minimum Gasteiger partial charge on any atom is -0.481 e. The lowest BCUT2D eigenvalue weighted by Crippen LogP contribution is -2.33. The van der Waals surface area contributed by atoms with E-state index in [4.69, 9.17) is 10.8 Å². The number of amides is 1. The van der Waals surface area contributed by atoms with Gasteiger partial charge in [0.2, 0.25) is 5.91 Å². The molecule has 0 aliphatic heterocycles. The molecule has 5 heteroatoms. The van der Waals surface area contributed by atoms with Crippen LogP contribution in [0.2, 0.25) is 0 Å². The number of nitrogens with two attached hydrogens (primary N) is 1. The molecule has 0 fully saturated rings. The molecular formula is C15H28N2O3. The zero-order valence-corrected chi connectivity index (χ0v) is 12.4. The van der Waals surface area contributed by atoms with E-state index in [2.05, 4.69) is 12.2 Å². The quantitative estimate of drug-likeness (QED) is 0.378. The predicted molar refractivity (Wildman–Crippen MR) is 80.3 cm³/mol. The number of carbonyl (C=O) groups is 2. The van der Waals surface area contributed by atoms with Crippen LogP contribution in [0.3, 0.4) is 0 Å². The Kier molecular flexibility index (Phi) is 11.8. The molecule has 0 heterocycles. The number of unbranched alkanes of at least 4 members (excludes halogenated alkanes) is 3. The smallest absolute Gasteiger partial charge is 0.304 e. The van der Waals surface area contributed by atoms with Gasteiger partial charge in [-0.3, -0.25) is 9.59 Å². The summed E-state index contributed by atoms with van der Waals surface area (Å²) >= 11 is 0. The van der Waals surface area contributed by atoms with Crippen molar-refractivity contribution in [1.82, 2.24) is 5.32 Å². The number of carbonyl (C=O) groups excluding carboxylic acids is 1. The second-order valence-electron chi connectivity index (χ2n) is 4.93. The first kappa shape index (κ1) is 18.6. The molecule has 116 valence electrons. The number of hydrogen-bond donors (Lipinski definition) is 3. The van der Waals surface area contributed by atoms with E-state index in [0.29, 0.717) is 25.9 Å². The molecule has 0 radical (unpaired) electrons. The molecule has 0 saturated heterocycles. The molecule has 0 rings (SSSR count). The summed E-state index contributed by atoms with van der Waals surface area (Å²) in [7, 11) is 0. The molecule has 4 N–H and O–H groups in total. The molecule has 0 saturated carbocycles. The first-order valence-corrected chi connectivity index (χ1v) is 7.46. The lowest BCUT2D eigenvalue weighted by molar-refractivity contribution is -0.141. The van der Waals surface area contributed by atoms with Crippen molar-refractivity contribution in [1.29, 1.82) is 0 Å². The highest BCUT2D eigenvalue weighted by Gasteiger charge is 2.19. The number of nitrogens with one attached hydrogen (secondary N) is 1. The van der Waals surface area contributed by atoms with Gasteiger partial charge in [-0.1, -0.05) is 31.9 Å². The number of allylic oxidation sites excluding steroid dienone is 2. The van der Waals surface area contributed by atoms with Crippen molar-refractivity contribution in [2.24, 2.45) is 11.7 Å². The lowest BCUT2D eigenvalue weighted by atomic mass is 9.99. The van der Waals surface area contributed by atoms with Crippen LogP contribution in [0.25, 0.3) is 0 Å². The number of carboxylic acids is 1. The molecule has 0 aliphatic carbocycles. The van der Waals surface area contributed by atoms with Crippen molar-refractivity contribution in [3.8, 4) is 0 Å². The van der Waals surface area contributed by atoms with E-state index >= 15 is 0 Å². The van der Waals surface area contributed by atoms with E-state index in [1.165, 1.54) is 12.8 Å². The summed E-state index contributed by atoms with van der Waals surface area (Å²) in [4.78, 5) is 22.7. The Morgan fingerprint density at radius 3 is 2.60 bits per heavy atom. The fourth-order valence-electron chi connectivity index (χ4n) is 1.84. The van der Waals surface area contributed by atoms with E-state index in [-0.39, 0.29) is 12.3 Å². The van der Waals surface area contributed by atoms with Crippen molar-refractivity contribution in [3.05, 3.63) is 12.2 Å². The summed E-state index contributed by atoms with van der Waals surface area (Å²) in [5.74, 6) is -1.63. The van der Waals surface area contributed by atoms with Crippen LogP contribution in [-0.4, -0.2) is 30.1 Å². The van der Waals surface area contributed by atoms with Crippen molar-refractivity contribution >= 4 is 11.9 Å². The van der Waals surface area contributed by atoms with Crippen LogP contribution in [0.15, 0.2) is 12.2 Å². The summed E-state index contributed by atoms with van der Waals surface area (Å²) in [6.07, 6.45) is 9.52. The molecule has 0 aromatic heterocycles. The highest BCUT2D eigenvalue weighted by atomic mass is 16.4. The minimum absolute atomic E-state index is 0.131. The number of hydrogen-bond acceptors (Lipinski definition) is 3. The van der Waals surface area contributed by atoms with Crippen LogP contribution in [0, 0.1) is 5.92 Å². The van der Waals surface area contributed by atoms with Crippen molar-refractivity contribution in [2.45, 2.75) is 51.9 Å². The monoisotopic (exact) mass is 284 g/mol. The van der Waals surface area contributed by atoms with E-state index < -0.39 is 11.9 Å². The van der Waals surface area contributed by atoms with Crippen LogP contribution in [-0.2, 0) is 9.59 Å². The molecular weight excluding hydrogens is 256 g/mol. The summed E-state index contributed by atoms with van der Waals surface area (Å²) < 4.78 is 0. The Morgan fingerprint density at radius 2 is 2.00 bits per heavy atom. The molecule has 5 nitrogen and oxygen atoms in total. The number of aliphatic carboxylic acids is 1. The van der Waals surface area contributed by atoms with Gasteiger partial charge < -0.3 is 16.2 Å². The van der Waals surface area contributed by atoms with Gasteiger partial charge in [0.1, 0.15) is 0 Å². The molecule has 0 aromatic carbocycles. The largest absolute Gasteiger partial charge is 0.481 e. The molecule has 1 amide bonds. The van der Waals surface area contributed by atoms with Crippen LogP contribution in [0.4, 0.5) is 0 Å². The fraction of sp³-hybridized carbons (Fsp3) is 0.733. The highest BCUT2D eigenvalue weighted by molar-refractivity contribution is 5.83. The van der Waals surface area contributed by atoms with Gasteiger partial charge in [0.25, 0.3) is 0 Å². The van der Waals surface area contributed by atoms with E-state index in [9.17, 15) is 9.59 Å². The van der Waals surface area contributed by atoms with E-state index in [0.717, 1.165) is 12.8 Å². The van der Waals surface area contributed by atoms with Gasteiger partial charge in [0.15, 0.2) is 0 Å². The third-order valence-electron chi connectivity index (χ3n) is 3.03. The molecule has 20 heavy (non-hydrogen) atoms. The zero-order valence-electron chi connectivity index (χ0n) is 12.4. The third kappa shape index (κ3) is 10.6. The molecule has 0 spiro atoms. The Labute approximate surface area is 121 Å². The molecule has 0 aromatic rings. The summed E-state index contributed by atoms with van der Waals surface area (Å²) in [5, 5.41) is 11.6. The van der Waals surface area contributed by atoms with Gasteiger partial charge in [-0.2, -0.15) is 0 Å². The maximum Gasteiger partial charge on any atom is 0.304 e. The van der Waals surface area contributed by atoms with Gasteiger partial charge in [-0.15, -0.1) is 0 Å². The topological polar surface area (TPSA) is 92.4 Å². The van der Waals surface area contributed by atoms with Gasteiger partial charge in [-0.05, 0) is 32.2 Å². The van der Waals surface area contributed by atoms with Gasteiger partial charge in [-0.25, -0.2) is 0 Å². The van der Waals surface area contributed by atoms with Crippen LogP contribution < -0.4 is 11.1 Å². The predicted octanol–water partition coefficient (Wildman–Crippen LogP) is 2.07. The van der Waals surface area contributed by atoms with Crippen LogP contribution in [0.1, 0.15) is 51.9 Å². The summed E-state index contributed by atoms with van der Waals surface area (Å²) in [6.45, 7) is 3.17. The highest BCUT2D eigenvalue weighted by Crippen LogP contribution is 2.11. The van der Waals surface area contributed by atoms with Gasteiger partial charge >= 0.3 is 5.97 Å². The maximum atomic E-state index is 11.9. The first-order valence-electron chi connectivity index (χ1n) is 7.46. The average molecular weight is 284 g/mol. The number of rotatable bonds is 12. The zero-order chi connectivity index (χ0) is 15.2. The Hall–Kier alpha value is -1.36. The SMILES string of the molecule is CCCCC/C=C/CC(CC(=O)O)C(=O)NCCCN. The molecule has 0 aliphatic rings. The average Bonchev–Trinajstić information content (AvgIpc) is 2.41. The Bertz CT molecular complexity index is 303. The summed E-state index contributed by atoms with van der Waals surface area (Å²) in [6, 6.07) is 0. The van der Waals surface area contributed by atoms with E-state index in [1.54, 1.807) is 0 Å². The van der Waals surface area contributed by atoms with E-state index in [1.807, 2.05) is 12.2 Å². The first-order chi connectivity index (χ1) is 9.61.